The maximum atomic E-state index is 15.0. The number of nitrogens with zero attached hydrogens (tertiary/aromatic N) is 1. The van der Waals surface area contributed by atoms with Crippen molar-refractivity contribution in [2.24, 2.45) is 5.73 Å². The summed E-state index contributed by atoms with van der Waals surface area (Å²) in [6, 6.07) is 23.2. The summed E-state index contributed by atoms with van der Waals surface area (Å²) in [6.45, 7) is 3.80. The van der Waals surface area contributed by atoms with E-state index in [0.29, 0.717) is 11.3 Å². The first-order valence-corrected chi connectivity index (χ1v) is 10.8. The van der Waals surface area contributed by atoms with Gasteiger partial charge in [0, 0.05) is 29.6 Å². The Morgan fingerprint density at radius 1 is 0.879 bits per heavy atom. The molecule has 166 valence electrons. The summed E-state index contributed by atoms with van der Waals surface area (Å²) in [5.41, 5.74) is 11.8. The molecule has 0 saturated carbocycles. The minimum atomic E-state index is -0.859. The second-order valence-electron chi connectivity index (χ2n) is 8.16. The number of benzene rings is 3. The molecule has 3 aromatic carbocycles. The molecule has 1 unspecified atom stereocenters. The monoisotopic (exact) mass is 439 g/mol. The highest BCUT2D eigenvalue weighted by Crippen LogP contribution is 2.31. The number of carbonyl (C=O) groups excluding carboxylic acids is 1. The maximum absolute atomic E-state index is 15.0. The van der Waals surface area contributed by atoms with Crippen LogP contribution in [0.25, 0.3) is 11.1 Å². The molecule has 33 heavy (non-hydrogen) atoms. The summed E-state index contributed by atoms with van der Waals surface area (Å²) in [7, 11) is 0. The van der Waals surface area contributed by atoms with Gasteiger partial charge in [0.1, 0.15) is 5.82 Å². The molecule has 0 saturated heterocycles. The van der Waals surface area contributed by atoms with Gasteiger partial charge in [-0.05, 0) is 59.9 Å². The van der Waals surface area contributed by atoms with Crippen molar-refractivity contribution in [1.29, 1.82) is 0 Å². The zero-order valence-electron chi connectivity index (χ0n) is 18.6. The average Bonchev–Trinajstić information content (AvgIpc) is 2.82. The Bertz CT molecular complexity index is 1200. The zero-order valence-corrected chi connectivity index (χ0v) is 18.6. The number of carbonyl (C=O) groups is 1. The van der Waals surface area contributed by atoms with Gasteiger partial charge in [-0.2, -0.15) is 0 Å². The third-order valence-electron chi connectivity index (χ3n) is 5.81. The van der Waals surface area contributed by atoms with Gasteiger partial charge in [0.15, 0.2) is 0 Å². The smallest absolute Gasteiger partial charge is 0.242 e. The Balaban J connectivity index is 1.60. The van der Waals surface area contributed by atoms with Crippen LogP contribution in [0.5, 0.6) is 0 Å². The van der Waals surface area contributed by atoms with Crippen LogP contribution in [-0.2, 0) is 4.79 Å². The van der Waals surface area contributed by atoms with Crippen molar-refractivity contribution in [1.82, 2.24) is 4.98 Å². The first kappa shape index (κ1) is 22.4. The number of aromatic nitrogens is 1. The largest absolute Gasteiger partial charge is 0.325 e. The van der Waals surface area contributed by atoms with E-state index in [1.54, 1.807) is 24.5 Å². The van der Waals surface area contributed by atoms with Crippen LogP contribution in [0.3, 0.4) is 0 Å². The van der Waals surface area contributed by atoms with Crippen LogP contribution in [-0.4, -0.2) is 16.9 Å². The van der Waals surface area contributed by atoms with Crippen LogP contribution in [0.2, 0.25) is 0 Å². The second-order valence-corrected chi connectivity index (χ2v) is 8.16. The lowest BCUT2D eigenvalue weighted by molar-refractivity contribution is -0.117. The van der Waals surface area contributed by atoms with Crippen molar-refractivity contribution >= 4 is 11.6 Å². The zero-order chi connectivity index (χ0) is 23.4. The Hall–Kier alpha value is -3.83. The molecule has 1 amide bonds. The van der Waals surface area contributed by atoms with Crippen LogP contribution in [0.4, 0.5) is 10.1 Å². The molecule has 3 N–H and O–H groups in total. The summed E-state index contributed by atoms with van der Waals surface area (Å²) in [6.07, 6.45) is 3.42. The van der Waals surface area contributed by atoms with Crippen LogP contribution < -0.4 is 11.1 Å². The van der Waals surface area contributed by atoms with Crippen LogP contribution in [0, 0.1) is 19.7 Å². The molecular formula is C28H26FN3O. The lowest BCUT2D eigenvalue weighted by atomic mass is 9.85. The Kier molecular flexibility index (Phi) is 6.61. The molecule has 5 heteroatoms. The van der Waals surface area contributed by atoms with E-state index in [4.69, 9.17) is 5.73 Å². The molecule has 4 rings (SSSR count). The predicted molar refractivity (Wildman–Crippen MR) is 130 cm³/mol. The number of hydrogen-bond acceptors (Lipinski definition) is 3. The number of nitrogens with two attached hydrogens (primary N) is 1. The number of aryl methyl sites for hydroxylation is 2. The molecule has 0 aliphatic carbocycles. The van der Waals surface area contributed by atoms with E-state index >= 15 is 4.39 Å². The van der Waals surface area contributed by atoms with Crippen molar-refractivity contribution in [3.8, 4) is 11.1 Å². The van der Waals surface area contributed by atoms with E-state index in [0.717, 1.165) is 27.8 Å². The number of anilines is 1. The molecule has 1 heterocycles. The number of hydrogen-bond donors (Lipinski definition) is 2. The van der Waals surface area contributed by atoms with Crippen molar-refractivity contribution in [3.63, 3.8) is 0 Å². The molecule has 0 aliphatic heterocycles. The van der Waals surface area contributed by atoms with E-state index < -0.39 is 11.9 Å². The van der Waals surface area contributed by atoms with Crippen LogP contribution in [0.1, 0.15) is 28.2 Å². The second kappa shape index (κ2) is 9.76. The van der Waals surface area contributed by atoms with Crippen LogP contribution in [0.15, 0.2) is 91.3 Å². The fraction of sp³-hybridized carbons (Fsp3) is 0.143. The van der Waals surface area contributed by atoms with Crippen molar-refractivity contribution < 1.29 is 9.18 Å². The lowest BCUT2D eigenvalue weighted by Gasteiger charge is -2.24. The van der Waals surface area contributed by atoms with Gasteiger partial charge >= 0.3 is 0 Å². The van der Waals surface area contributed by atoms with Gasteiger partial charge in [-0.1, -0.05) is 60.7 Å². The Morgan fingerprint density at radius 2 is 1.42 bits per heavy atom. The highest BCUT2D eigenvalue weighted by atomic mass is 19.1. The Morgan fingerprint density at radius 3 is 1.94 bits per heavy atom. The standard InChI is InChI=1S/C28H26FN3O/c1-18-16-31-17-19(2)25(18)23-14-13-22(15-24(23)29)32-28(33)27(30)26(20-9-5-3-6-10-20)21-11-7-4-8-12-21/h3-17,26-27H,30H2,1-2H3,(H,32,33). The number of amides is 1. The van der Waals surface area contributed by atoms with Crippen molar-refractivity contribution in [3.05, 3.63) is 119 Å². The van der Waals surface area contributed by atoms with E-state index in [9.17, 15) is 4.79 Å². The fourth-order valence-corrected chi connectivity index (χ4v) is 4.23. The van der Waals surface area contributed by atoms with Crippen LogP contribution >= 0.6 is 0 Å². The minimum absolute atomic E-state index is 0.335. The van der Waals surface area contributed by atoms with E-state index in [1.807, 2.05) is 74.5 Å². The highest BCUT2D eigenvalue weighted by Gasteiger charge is 2.28. The first-order chi connectivity index (χ1) is 16.0. The van der Waals surface area contributed by atoms with Gasteiger partial charge in [0.25, 0.3) is 0 Å². The van der Waals surface area contributed by atoms with Crippen molar-refractivity contribution in [2.75, 3.05) is 5.32 Å². The molecular weight excluding hydrogens is 413 g/mol. The predicted octanol–water partition coefficient (Wildman–Crippen LogP) is 5.60. The number of rotatable bonds is 6. The Labute approximate surface area is 193 Å². The molecule has 0 bridgehead atoms. The van der Waals surface area contributed by atoms with Gasteiger partial charge in [-0.15, -0.1) is 0 Å². The topological polar surface area (TPSA) is 68.0 Å². The van der Waals surface area contributed by atoms with Gasteiger partial charge in [-0.3, -0.25) is 9.78 Å². The average molecular weight is 440 g/mol. The minimum Gasteiger partial charge on any atom is -0.325 e. The first-order valence-electron chi connectivity index (χ1n) is 10.8. The molecule has 1 atom stereocenters. The fourth-order valence-electron chi connectivity index (χ4n) is 4.23. The van der Waals surface area contributed by atoms with Gasteiger partial charge in [-0.25, -0.2) is 4.39 Å². The summed E-state index contributed by atoms with van der Waals surface area (Å²) >= 11 is 0. The van der Waals surface area contributed by atoms with Gasteiger partial charge < -0.3 is 11.1 Å². The maximum Gasteiger partial charge on any atom is 0.242 e. The molecule has 0 radical (unpaired) electrons. The highest BCUT2D eigenvalue weighted by molar-refractivity contribution is 5.96. The van der Waals surface area contributed by atoms with E-state index in [2.05, 4.69) is 10.3 Å². The van der Waals surface area contributed by atoms with E-state index in [-0.39, 0.29) is 11.8 Å². The summed E-state index contributed by atoms with van der Waals surface area (Å²) < 4.78 is 15.0. The van der Waals surface area contributed by atoms with Gasteiger partial charge in [0.2, 0.25) is 5.91 Å². The number of nitrogens with one attached hydrogen (secondary N) is 1. The molecule has 0 aliphatic rings. The molecule has 0 spiro atoms. The summed E-state index contributed by atoms with van der Waals surface area (Å²) in [5, 5.41) is 2.79. The third kappa shape index (κ3) is 4.83. The molecule has 1 aromatic heterocycles. The summed E-state index contributed by atoms with van der Waals surface area (Å²) in [4.78, 5) is 17.3. The molecule has 0 fully saturated rings. The number of halogens is 1. The molecule has 4 nitrogen and oxygen atoms in total. The van der Waals surface area contributed by atoms with E-state index in [1.165, 1.54) is 6.07 Å². The lowest BCUT2D eigenvalue weighted by Crippen LogP contribution is -2.41. The SMILES string of the molecule is Cc1cncc(C)c1-c1ccc(NC(=O)C(N)C(c2ccccc2)c2ccccc2)cc1F. The third-order valence-corrected chi connectivity index (χ3v) is 5.81. The normalized spacial score (nSPS) is 11.9. The number of pyridine rings is 1. The quantitative estimate of drug-likeness (QED) is 0.411. The molecule has 4 aromatic rings. The van der Waals surface area contributed by atoms with Crippen molar-refractivity contribution in [2.45, 2.75) is 25.8 Å². The summed E-state index contributed by atoms with van der Waals surface area (Å²) in [5.74, 6) is -1.13. The van der Waals surface area contributed by atoms with Gasteiger partial charge in [0.05, 0.1) is 6.04 Å².